The van der Waals surface area contributed by atoms with E-state index in [0.29, 0.717) is 11.4 Å². The number of aromatic hydroxyl groups is 1. The van der Waals surface area contributed by atoms with Crippen LogP contribution >= 0.6 is 0 Å². The van der Waals surface area contributed by atoms with Gasteiger partial charge in [-0.25, -0.2) is 4.79 Å². The molecular formula is C23H18N2O3. The molecule has 0 fully saturated rings. The van der Waals surface area contributed by atoms with Crippen molar-refractivity contribution in [2.24, 2.45) is 0 Å². The second-order valence-electron chi connectivity index (χ2n) is 6.49. The van der Waals surface area contributed by atoms with Crippen LogP contribution < -0.4 is 5.73 Å². The molecule has 1 heterocycles. The van der Waals surface area contributed by atoms with E-state index in [9.17, 15) is 9.90 Å². The van der Waals surface area contributed by atoms with Gasteiger partial charge in [0.2, 0.25) is 0 Å². The zero-order valence-electron chi connectivity index (χ0n) is 14.9. The zero-order chi connectivity index (χ0) is 19.7. The lowest BCUT2D eigenvalue weighted by atomic mass is 10.1. The third-order valence-electron chi connectivity index (χ3n) is 4.62. The Balaban J connectivity index is 0.000000165. The molecule has 5 rings (SSSR count). The highest BCUT2D eigenvalue weighted by molar-refractivity contribution is 6.17. The summed E-state index contributed by atoms with van der Waals surface area (Å²) in [7, 11) is 0. The molecule has 0 unspecified atom stereocenters. The van der Waals surface area contributed by atoms with Crippen LogP contribution in [-0.4, -0.2) is 21.2 Å². The van der Waals surface area contributed by atoms with Gasteiger partial charge in [-0.05, 0) is 41.8 Å². The zero-order valence-corrected chi connectivity index (χ0v) is 14.9. The maximum atomic E-state index is 10.3. The molecule has 5 nitrogen and oxygen atoms in total. The molecule has 0 saturated heterocycles. The van der Waals surface area contributed by atoms with Gasteiger partial charge in [0.25, 0.3) is 0 Å². The summed E-state index contributed by atoms with van der Waals surface area (Å²) in [5.41, 5.74) is 8.24. The number of H-pyrrole nitrogens is 1. The maximum absolute atomic E-state index is 10.3. The number of aromatic amines is 1. The Hall–Kier alpha value is -3.99. The molecule has 0 aliphatic rings. The number of para-hydroxylation sites is 1. The number of aromatic carboxylic acids is 1. The third kappa shape index (κ3) is 3.21. The molecule has 138 valence electrons. The Morgan fingerprint density at radius 2 is 1.61 bits per heavy atom. The smallest absolute Gasteiger partial charge is 0.335 e. The minimum Gasteiger partial charge on any atom is -0.508 e. The van der Waals surface area contributed by atoms with Crippen LogP contribution in [0.15, 0.2) is 78.9 Å². The van der Waals surface area contributed by atoms with Crippen LogP contribution in [-0.2, 0) is 0 Å². The van der Waals surface area contributed by atoms with Gasteiger partial charge in [0.05, 0.1) is 11.1 Å². The van der Waals surface area contributed by atoms with Crippen LogP contribution in [0.3, 0.4) is 0 Å². The minimum atomic E-state index is -0.952. The first kappa shape index (κ1) is 17.4. The average molecular weight is 370 g/mol. The lowest BCUT2D eigenvalue weighted by Gasteiger charge is -2.00. The SMILES string of the molecule is Nc1cccc(C(=O)O)c1.Oc1ccc2ccc3c4ccccc4[nH]c3c2c1. The summed E-state index contributed by atoms with van der Waals surface area (Å²) in [5.74, 6) is -0.652. The second kappa shape index (κ2) is 6.96. The molecule has 0 spiro atoms. The Morgan fingerprint density at radius 3 is 2.36 bits per heavy atom. The Bertz CT molecular complexity index is 1320. The van der Waals surface area contributed by atoms with Gasteiger partial charge in [-0.15, -0.1) is 0 Å². The normalized spacial score (nSPS) is 10.7. The van der Waals surface area contributed by atoms with Crippen molar-refractivity contribution >= 4 is 44.2 Å². The van der Waals surface area contributed by atoms with E-state index in [-0.39, 0.29) is 5.56 Å². The minimum absolute atomic E-state index is 0.222. The number of anilines is 1. The number of rotatable bonds is 1. The molecule has 0 atom stereocenters. The van der Waals surface area contributed by atoms with Crippen LogP contribution in [0, 0.1) is 0 Å². The van der Waals surface area contributed by atoms with E-state index in [1.807, 2.05) is 24.3 Å². The molecule has 5 aromatic rings. The van der Waals surface area contributed by atoms with Crippen molar-refractivity contribution in [3.8, 4) is 5.75 Å². The summed E-state index contributed by atoms with van der Waals surface area (Å²) in [4.78, 5) is 13.7. The lowest BCUT2D eigenvalue weighted by Crippen LogP contribution is -1.96. The number of hydrogen-bond donors (Lipinski definition) is 4. The first-order valence-electron chi connectivity index (χ1n) is 8.74. The lowest BCUT2D eigenvalue weighted by molar-refractivity contribution is 0.0697. The van der Waals surface area contributed by atoms with E-state index in [1.165, 1.54) is 22.9 Å². The molecule has 0 radical (unpaired) electrons. The molecule has 0 aliphatic heterocycles. The summed E-state index contributed by atoms with van der Waals surface area (Å²) in [6, 6.07) is 24.1. The number of phenols is 1. The fourth-order valence-electron chi connectivity index (χ4n) is 3.30. The highest BCUT2D eigenvalue weighted by Gasteiger charge is 2.07. The molecule has 5 N–H and O–H groups in total. The number of hydrogen-bond acceptors (Lipinski definition) is 3. The van der Waals surface area contributed by atoms with Crippen molar-refractivity contribution in [3.63, 3.8) is 0 Å². The van der Waals surface area contributed by atoms with Gasteiger partial charge < -0.3 is 20.9 Å². The van der Waals surface area contributed by atoms with Gasteiger partial charge in [-0.1, -0.05) is 42.5 Å². The largest absolute Gasteiger partial charge is 0.508 e. The third-order valence-corrected chi connectivity index (χ3v) is 4.62. The number of carboxylic acids is 1. The highest BCUT2D eigenvalue weighted by Crippen LogP contribution is 2.32. The standard InChI is InChI=1S/C16H11NO.C7H7NO2/c18-11-7-5-10-6-8-13-12-3-1-2-4-15(12)17-16(13)14(10)9-11;8-6-3-1-2-5(4-6)7(9)10/h1-9,17-18H;1-4H,8H2,(H,9,10). The highest BCUT2D eigenvalue weighted by atomic mass is 16.4. The number of carboxylic acid groups (broad SMARTS) is 1. The van der Waals surface area contributed by atoms with E-state index in [1.54, 1.807) is 18.2 Å². The molecule has 28 heavy (non-hydrogen) atoms. The number of aromatic nitrogens is 1. The van der Waals surface area contributed by atoms with E-state index >= 15 is 0 Å². The van der Waals surface area contributed by atoms with E-state index < -0.39 is 5.97 Å². The van der Waals surface area contributed by atoms with Gasteiger partial charge in [-0.3, -0.25) is 0 Å². The number of carbonyl (C=O) groups is 1. The van der Waals surface area contributed by atoms with Gasteiger partial charge in [-0.2, -0.15) is 0 Å². The monoisotopic (exact) mass is 370 g/mol. The number of fused-ring (bicyclic) bond motifs is 5. The van der Waals surface area contributed by atoms with Crippen molar-refractivity contribution in [3.05, 3.63) is 84.4 Å². The number of nitrogens with two attached hydrogens (primary N) is 1. The summed E-state index contributed by atoms with van der Waals surface area (Å²) >= 11 is 0. The fraction of sp³-hybridized carbons (Fsp3) is 0. The van der Waals surface area contributed by atoms with Crippen molar-refractivity contribution in [2.75, 3.05) is 5.73 Å². The van der Waals surface area contributed by atoms with Crippen molar-refractivity contribution in [1.29, 1.82) is 0 Å². The van der Waals surface area contributed by atoms with Crippen LogP contribution in [0.4, 0.5) is 5.69 Å². The number of nitrogen functional groups attached to an aromatic ring is 1. The van der Waals surface area contributed by atoms with Gasteiger partial charge >= 0.3 is 5.97 Å². The van der Waals surface area contributed by atoms with E-state index in [4.69, 9.17) is 10.8 Å². The number of nitrogens with one attached hydrogen (secondary N) is 1. The van der Waals surface area contributed by atoms with Crippen molar-refractivity contribution < 1.29 is 15.0 Å². The predicted molar refractivity (Wildman–Crippen MR) is 113 cm³/mol. The average Bonchev–Trinajstić information content (AvgIpc) is 3.08. The van der Waals surface area contributed by atoms with Crippen LogP contribution in [0.25, 0.3) is 32.6 Å². The summed E-state index contributed by atoms with van der Waals surface area (Å²) in [5, 5.41) is 22.7. The molecule has 0 aliphatic carbocycles. The van der Waals surface area contributed by atoms with E-state index in [2.05, 4.69) is 29.2 Å². The molecule has 0 saturated carbocycles. The molecule has 0 amide bonds. The quantitative estimate of drug-likeness (QED) is 0.307. The number of benzene rings is 4. The Morgan fingerprint density at radius 1 is 0.821 bits per heavy atom. The predicted octanol–water partition coefficient (Wildman–Crippen LogP) is 5.15. The molecule has 1 aromatic heterocycles. The Labute approximate surface area is 160 Å². The first-order valence-corrected chi connectivity index (χ1v) is 8.74. The second-order valence-corrected chi connectivity index (χ2v) is 6.49. The van der Waals surface area contributed by atoms with Crippen LogP contribution in [0.2, 0.25) is 0 Å². The topological polar surface area (TPSA) is 99.3 Å². The molecular weight excluding hydrogens is 352 g/mol. The van der Waals surface area contributed by atoms with E-state index in [0.717, 1.165) is 21.8 Å². The summed E-state index contributed by atoms with van der Waals surface area (Å²) in [6.07, 6.45) is 0. The molecule has 0 bridgehead atoms. The van der Waals surface area contributed by atoms with Gasteiger partial charge in [0.1, 0.15) is 5.75 Å². The fourth-order valence-corrected chi connectivity index (χ4v) is 3.30. The van der Waals surface area contributed by atoms with Gasteiger partial charge in [0, 0.05) is 27.4 Å². The summed E-state index contributed by atoms with van der Waals surface area (Å²) in [6.45, 7) is 0. The van der Waals surface area contributed by atoms with Gasteiger partial charge in [0.15, 0.2) is 0 Å². The maximum Gasteiger partial charge on any atom is 0.335 e. The van der Waals surface area contributed by atoms with Crippen molar-refractivity contribution in [2.45, 2.75) is 0 Å². The van der Waals surface area contributed by atoms with Crippen LogP contribution in [0.5, 0.6) is 5.75 Å². The van der Waals surface area contributed by atoms with Crippen molar-refractivity contribution in [1.82, 2.24) is 4.98 Å². The summed E-state index contributed by atoms with van der Waals surface area (Å²) < 4.78 is 0. The molecule has 4 aromatic carbocycles. The first-order chi connectivity index (χ1) is 13.5. The number of phenolic OH excluding ortho intramolecular Hbond substituents is 1. The molecule has 5 heteroatoms. The van der Waals surface area contributed by atoms with Crippen LogP contribution in [0.1, 0.15) is 10.4 Å². The Kier molecular flexibility index (Phi) is 4.33.